The minimum absolute atomic E-state index is 0.0273. The maximum atomic E-state index is 15.2. The van der Waals surface area contributed by atoms with Gasteiger partial charge in [-0.3, -0.25) is 0 Å². The minimum Gasteiger partial charge on any atom is -0.507 e. The number of fused-ring (bicyclic) bond motifs is 8. The van der Waals surface area contributed by atoms with Gasteiger partial charge in [0.2, 0.25) is 0 Å². The van der Waals surface area contributed by atoms with E-state index < -0.39 is 160 Å². The number of ether oxygens (including phenoxy) is 2. The first-order chi connectivity index (χ1) is 49.5. The first-order valence-electron chi connectivity index (χ1n) is 31.4. The van der Waals surface area contributed by atoms with Gasteiger partial charge in [-0.1, -0.05) is 78.9 Å². The molecule has 13 aromatic rings. The molecule has 7 heterocycles. The Hall–Kier alpha value is -13.3. The lowest BCUT2D eigenvalue weighted by Gasteiger charge is -2.42. The maximum absolute atomic E-state index is 15.2. The number of benzene rings is 8. The van der Waals surface area contributed by atoms with E-state index in [1.807, 2.05) is 0 Å². The molecule has 0 saturated carbocycles. The van der Waals surface area contributed by atoms with E-state index >= 15 is 8.78 Å². The van der Waals surface area contributed by atoms with Crippen molar-refractivity contribution in [1.29, 1.82) is 0 Å². The highest BCUT2D eigenvalue weighted by Gasteiger charge is 2.51. The summed E-state index contributed by atoms with van der Waals surface area (Å²) in [4.78, 5) is 85.6. The van der Waals surface area contributed by atoms with Crippen molar-refractivity contribution >= 4 is 66.4 Å². The molecule has 0 bridgehead atoms. The molecule has 0 saturated heterocycles. The summed E-state index contributed by atoms with van der Waals surface area (Å²) < 4.78 is 156. The van der Waals surface area contributed by atoms with Crippen LogP contribution in [0.4, 0.5) is 35.1 Å². The minimum atomic E-state index is -5.03. The van der Waals surface area contributed by atoms with Gasteiger partial charge in [0.1, 0.15) is 73.8 Å². The molecule has 2 aliphatic heterocycles. The molecule has 4 atom stereocenters. The monoisotopic (exact) mass is 1420 g/mol. The molecule has 5 N–H and O–H groups in total. The Morgan fingerprint density at radius 3 is 1.53 bits per heavy atom. The summed E-state index contributed by atoms with van der Waals surface area (Å²) in [5.41, 5.74) is -15.4. The molecule has 0 radical (unpaired) electrons. The lowest BCUT2D eigenvalue weighted by molar-refractivity contribution is -0.152. The fourth-order valence-corrected chi connectivity index (χ4v) is 14.1. The molecule has 18 nitrogen and oxygen atoms in total. The second-order valence-electron chi connectivity index (χ2n) is 25.1. The summed E-state index contributed by atoms with van der Waals surface area (Å²) in [5.74, 6) is -14.1. The van der Waals surface area contributed by atoms with Gasteiger partial charge in [0.15, 0.2) is 11.6 Å². The molecule has 16 rings (SSSR count). The van der Waals surface area contributed by atoms with Crippen molar-refractivity contribution in [1.82, 2.24) is 0 Å². The molecule has 4 unspecified atom stereocenters. The number of carbonyl (C=O) groups excluding carboxylic acids is 1. The van der Waals surface area contributed by atoms with Crippen molar-refractivity contribution < 1.29 is 97.0 Å². The number of allylic oxidation sites excluding steroid dienone is 2. The van der Waals surface area contributed by atoms with Crippen LogP contribution < -0.4 is 32.9 Å². The first-order valence-corrected chi connectivity index (χ1v) is 31.4. The predicted octanol–water partition coefficient (Wildman–Crippen LogP) is 15.6. The molecular formula is C78H42F8O18. The van der Waals surface area contributed by atoms with Crippen LogP contribution in [-0.2, 0) is 21.9 Å². The quantitative estimate of drug-likeness (QED) is 0.0510. The maximum Gasteiger partial charge on any atom is 0.416 e. The SMILES string of the molecule is CC12CC=C(c3ccc4c(O)c(C(c5cccc(C(F)(F)F)c5)c5c(O)c6ccc(-c7ccc8oc(=O)c(C(c9ccc(C(F)(F)F)cc9)c9c(O)c%10ccccc%10oc9=O)c(O)c8c7)cc6oc5=O)c(=O)oc4c3)C=C1C1=C(C(=O)O2)C(c2c(O)c3ccccc3oc2=O)c2cc(F)c(F)cc2O1. The second-order valence-corrected chi connectivity index (χ2v) is 25.1. The van der Waals surface area contributed by atoms with Gasteiger partial charge in [0.05, 0.1) is 89.2 Å². The zero-order valence-electron chi connectivity index (χ0n) is 52.7. The van der Waals surface area contributed by atoms with Crippen molar-refractivity contribution in [3.05, 3.63) is 318 Å². The number of hydrogen-bond donors (Lipinski definition) is 5. The van der Waals surface area contributed by atoms with Crippen LogP contribution in [0, 0.1) is 11.6 Å². The van der Waals surface area contributed by atoms with Crippen molar-refractivity contribution in [3.63, 3.8) is 0 Å². The Labute approximate surface area is 573 Å². The van der Waals surface area contributed by atoms with E-state index in [1.54, 1.807) is 6.08 Å². The molecule has 5 aromatic heterocycles. The molecule has 0 fully saturated rings. The van der Waals surface area contributed by atoms with Gasteiger partial charge < -0.3 is 57.1 Å². The highest BCUT2D eigenvalue weighted by atomic mass is 19.4. The molecule has 3 aliphatic rings. The number of alkyl halides is 6. The van der Waals surface area contributed by atoms with Crippen molar-refractivity contribution in [3.8, 4) is 45.6 Å². The van der Waals surface area contributed by atoms with E-state index in [-0.39, 0.29) is 106 Å². The number of halogens is 8. The van der Waals surface area contributed by atoms with Crippen LogP contribution in [0.15, 0.2) is 239 Å². The Balaban J connectivity index is 0.786. The van der Waals surface area contributed by atoms with Crippen molar-refractivity contribution in [2.75, 3.05) is 0 Å². The Morgan fingerprint density at radius 1 is 0.452 bits per heavy atom. The molecular weight excluding hydrogens is 1380 g/mol. The Bertz CT molecular complexity index is 6410. The van der Waals surface area contributed by atoms with Gasteiger partial charge in [-0.15, -0.1) is 0 Å². The number of carbonyl (C=O) groups is 1. The van der Waals surface area contributed by atoms with Crippen molar-refractivity contribution in [2.24, 2.45) is 0 Å². The van der Waals surface area contributed by atoms with Crippen LogP contribution in [0.3, 0.4) is 0 Å². The van der Waals surface area contributed by atoms with Crippen LogP contribution in [0.1, 0.15) is 92.3 Å². The summed E-state index contributed by atoms with van der Waals surface area (Å²) in [6.07, 6.45) is -6.83. The Morgan fingerprint density at radius 2 is 0.933 bits per heavy atom. The van der Waals surface area contributed by atoms with Crippen LogP contribution in [0.25, 0.3) is 71.5 Å². The molecule has 0 amide bonds. The number of esters is 1. The number of para-hydroxylation sites is 2. The van der Waals surface area contributed by atoms with Crippen LogP contribution in [-0.4, -0.2) is 37.1 Å². The Kier molecular flexibility index (Phi) is 14.7. The van der Waals surface area contributed by atoms with Crippen molar-refractivity contribution in [2.45, 2.75) is 49.1 Å². The fraction of sp³-hybridized carbons (Fsp3) is 0.103. The topological polar surface area (TPSA) is 288 Å². The van der Waals surface area contributed by atoms with E-state index in [2.05, 4.69) is 0 Å². The van der Waals surface area contributed by atoms with Crippen LogP contribution in [0.5, 0.6) is 34.5 Å². The normalized spacial score (nSPS) is 16.6. The van der Waals surface area contributed by atoms with Gasteiger partial charge in [0, 0.05) is 23.6 Å². The molecule has 26 heteroatoms. The molecule has 104 heavy (non-hydrogen) atoms. The van der Waals surface area contributed by atoms with E-state index in [0.29, 0.717) is 42.0 Å². The molecule has 0 spiro atoms. The first kappa shape index (κ1) is 65.4. The smallest absolute Gasteiger partial charge is 0.416 e. The van der Waals surface area contributed by atoms with Gasteiger partial charge in [-0.2, -0.15) is 26.3 Å². The number of rotatable bonds is 9. The summed E-state index contributed by atoms with van der Waals surface area (Å²) in [6.45, 7) is 1.53. The average Bonchev–Trinajstić information content (AvgIpc) is 0.764. The summed E-state index contributed by atoms with van der Waals surface area (Å²) in [5, 5.41) is 59.5. The average molecular weight is 1420 g/mol. The standard InChI is InChI=1S/C78H42F8O18/c1-76-24-23-36(27-46(76)69-63(75(97)104-76)57(44-30-47(79)48(80)31-54(44)98-69)62-65(88)41-10-3-5-12-50(41)100-74(62)96)35-16-21-43-53(29-35)103-73(95)61(67(43)90)56(37-7-6-8-39(25-37)78(84,85)86)60-66(89)42-20-15-34(28-52(42)102-72(60)94)33-17-22-51-45(26-33)68(91)59(71(93)101-51)55(32-13-18-38(19-14-32)77(81,82)83)58-64(87)40-9-2-4-11-49(40)99-70(58)92/h2-23,25-31,55-57,87-91H,24H2,1H3. The third kappa shape index (κ3) is 10.4. The highest BCUT2D eigenvalue weighted by molar-refractivity contribution is 5.99. The third-order valence-electron chi connectivity index (χ3n) is 19.1. The van der Waals surface area contributed by atoms with Gasteiger partial charge in [-0.05, 0) is 131 Å². The molecule has 8 aromatic carbocycles. The summed E-state index contributed by atoms with van der Waals surface area (Å²) in [7, 11) is 0. The third-order valence-corrected chi connectivity index (χ3v) is 19.1. The van der Waals surface area contributed by atoms with Gasteiger partial charge >= 0.3 is 46.4 Å². The summed E-state index contributed by atoms with van der Waals surface area (Å²) >= 11 is 0. The van der Waals surface area contributed by atoms with E-state index in [4.69, 9.17) is 31.6 Å². The number of hydrogen-bond acceptors (Lipinski definition) is 18. The van der Waals surface area contributed by atoms with Gasteiger partial charge in [-0.25, -0.2) is 37.5 Å². The van der Waals surface area contributed by atoms with E-state index in [9.17, 15) is 80.6 Å². The van der Waals surface area contributed by atoms with Crippen LogP contribution >= 0.6 is 0 Å². The highest BCUT2D eigenvalue weighted by Crippen LogP contribution is 2.55. The fourth-order valence-electron chi connectivity index (χ4n) is 14.1. The lowest BCUT2D eigenvalue weighted by Crippen LogP contribution is -2.44. The second kappa shape index (κ2) is 23.4. The zero-order chi connectivity index (χ0) is 73.1. The van der Waals surface area contributed by atoms with E-state index in [0.717, 1.165) is 24.3 Å². The molecule has 1 aliphatic carbocycles. The predicted molar refractivity (Wildman–Crippen MR) is 356 cm³/mol. The number of aromatic hydroxyl groups is 5. The van der Waals surface area contributed by atoms with Gasteiger partial charge in [0.25, 0.3) is 0 Å². The summed E-state index contributed by atoms with van der Waals surface area (Å²) in [6, 6.07) is 31.3. The van der Waals surface area contributed by atoms with Crippen LogP contribution in [0.2, 0.25) is 0 Å². The molecule has 518 valence electrons. The largest absolute Gasteiger partial charge is 0.507 e. The zero-order valence-corrected chi connectivity index (χ0v) is 52.7. The lowest BCUT2D eigenvalue weighted by atomic mass is 9.74. The van der Waals surface area contributed by atoms with E-state index in [1.165, 1.54) is 116 Å².